The van der Waals surface area contributed by atoms with Gasteiger partial charge in [0.25, 0.3) is 0 Å². The number of carbonyl (C=O) groups is 1. The molecule has 0 bridgehead atoms. The molecular formula is C12H12ClF3N2O3S. The minimum absolute atomic E-state index is 0.0512. The van der Waals surface area contributed by atoms with Gasteiger partial charge in [-0.1, -0.05) is 28.5 Å². The summed E-state index contributed by atoms with van der Waals surface area (Å²) in [6, 6.07) is 0.743. The second-order valence-corrected chi connectivity index (χ2v) is 5.27. The largest absolute Gasteiger partial charge is 0.465 e. The van der Waals surface area contributed by atoms with Crippen LogP contribution in [0.4, 0.5) is 13.2 Å². The fourth-order valence-electron chi connectivity index (χ4n) is 1.27. The number of ether oxygens (including phenoxy) is 1. The standard InChI is InChI=1S/C12H12ClF3N2O3S/c1-3-21-11(19)9(6-18-20-2)22-10-8(13)4-7(5-17-10)12(14,15)16/h4-6,9H,3H2,1-2H3/b18-6+. The van der Waals surface area contributed by atoms with Crippen LogP contribution in [0.5, 0.6) is 0 Å². The lowest BCUT2D eigenvalue weighted by Gasteiger charge is -2.12. The first-order chi connectivity index (χ1) is 10.3. The molecule has 0 saturated carbocycles. The zero-order valence-electron chi connectivity index (χ0n) is 11.6. The number of rotatable bonds is 6. The van der Waals surface area contributed by atoms with Gasteiger partial charge in [-0.25, -0.2) is 4.98 Å². The molecule has 0 spiro atoms. The summed E-state index contributed by atoms with van der Waals surface area (Å²) in [6.45, 7) is 1.77. The third kappa shape index (κ3) is 5.38. The van der Waals surface area contributed by atoms with Crippen molar-refractivity contribution in [2.75, 3.05) is 13.7 Å². The van der Waals surface area contributed by atoms with Crippen LogP contribution in [0.25, 0.3) is 0 Å². The van der Waals surface area contributed by atoms with Crippen molar-refractivity contribution >= 4 is 35.5 Å². The third-order valence-electron chi connectivity index (χ3n) is 2.19. The van der Waals surface area contributed by atoms with Crippen molar-refractivity contribution in [3.05, 3.63) is 22.8 Å². The Labute approximate surface area is 133 Å². The van der Waals surface area contributed by atoms with E-state index in [1.165, 1.54) is 7.11 Å². The van der Waals surface area contributed by atoms with Crippen LogP contribution in [0, 0.1) is 0 Å². The molecule has 0 saturated heterocycles. The number of oxime groups is 1. The fourth-order valence-corrected chi connectivity index (χ4v) is 2.37. The van der Waals surface area contributed by atoms with E-state index >= 15 is 0 Å². The van der Waals surface area contributed by atoms with Crippen molar-refractivity contribution in [1.82, 2.24) is 4.98 Å². The predicted molar refractivity (Wildman–Crippen MR) is 76.0 cm³/mol. The number of thioether (sulfide) groups is 1. The summed E-state index contributed by atoms with van der Waals surface area (Å²) >= 11 is 6.59. The highest BCUT2D eigenvalue weighted by Gasteiger charge is 2.32. The molecule has 122 valence electrons. The number of hydrogen-bond donors (Lipinski definition) is 0. The smallest absolute Gasteiger partial charge is 0.417 e. The number of alkyl halides is 3. The second kappa shape index (κ2) is 8.23. The Morgan fingerprint density at radius 3 is 2.77 bits per heavy atom. The Balaban J connectivity index is 2.98. The molecule has 0 radical (unpaired) electrons. The minimum atomic E-state index is -4.54. The third-order valence-corrected chi connectivity index (χ3v) is 3.71. The van der Waals surface area contributed by atoms with Crippen molar-refractivity contribution in [2.24, 2.45) is 5.16 Å². The van der Waals surface area contributed by atoms with Crippen LogP contribution < -0.4 is 0 Å². The number of hydrogen-bond acceptors (Lipinski definition) is 6. The van der Waals surface area contributed by atoms with Crippen LogP contribution >= 0.6 is 23.4 Å². The van der Waals surface area contributed by atoms with E-state index < -0.39 is 23.0 Å². The number of halogens is 4. The predicted octanol–water partition coefficient (Wildman–Crippen LogP) is 3.41. The fraction of sp³-hybridized carbons (Fsp3) is 0.417. The zero-order valence-corrected chi connectivity index (χ0v) is 13.1. The Hall–Kier alpha value is -1.48. The van der Waals surface area contributed by atoms with Gasteiger partial charge in [0.05, 0.1) is 23.4 Å². The van der Waals surface area contributed by atoms with Gasteiger partial charge >= 0.3 is 12.1 Å². The van der Waals surface area contributed by atoms with Gasteiger partial charge in [0, 0.05) is 6.20 Å². The van der Waals surface area contributed by atoms with Gasteiger partial charge in [0.1, 0.15) is 17.4 Å². The lowest BCUT2D eigenvalue weighted by atomic mass is 10.3. The van der Waals surface area contributed by atoms with E-state index in [1.807, 2.05) is 0 Å². The number of aromatic nitrogens is 1. The summed E-state index contributed by atoms with van der Waals surface area (Å²) in [5.41, 5.74) is -0.972. The molecule has 1 rings (SSSR count). The average molecular weight is 357 g/mol. The van der Waals surface area contributed by atoms with E-state index in [9.17, 15) is 18.0 Å². The van der Waals surface area contributed by atoms with Crippen molar-refractivity contribution in [3.63, 3.8) is 0 Å². The molecule has 10 heteroatoms. The van der Waals surface area contributed by atoms with Crippen molar-refractivity contribution in [1.29, 1.82) is 0 Å². The average Bonchev–Trinajstić information content (AvgIpc) is 2.44. The molecule has 1 aromatic heterocycles. The van der Waals surface area contributed by atoms with Crippen molar-refractivity contribution < 1.29 is 27.5 Å². The van der Waals surface area contributed by atoms with Crippen LogP contribution in [0.1, 0.15) is 12.5 Å². The van der Waals surface area contributed by atoms with Crippen LogP contribution in [0.15, 0.2) is 22.4 Å². The quantitative estimate of drug-likeness (QED) is 0.338. The topological polar surface area (TPSA) is 60.8 Å². The van der Waals surface area contributed by atoms with Crippen LogP contribution in [0.2, 0.25) is 5.02 Å². The van der Waals surface area contributed by atoms with Gasteiger partial charge in [-0.05, 0) is 13.0 Å². The SMILES string of the molecule is CCOC(=O)C(/C=N/OC)Sc1ncc(C(F)(F)F)cc1Cl. The molecule has 0 fully saturated rings. The number of nitrogens with zero attached hydrogens (tertiary/aromatic N) is 2. The molecule has 22 heavy (non-hydrogen) atoms. The molecular weight excluding hydrogens is 345 g/mol. The number of carbonyl (C=O) groups excluding carboxylic acids is 1. The first kappa shape index (κ1) is 18.6. The Bertz CT molecular complexity index is 555. The molecule has 1 aromatic rings. The molecule has 0 N–H and O–H groups in total. The molecule has 0 aliphatic heterocycles. The van der Waals surface area contributed by atoms with Crippen molar-refractivity contribution in [2.45, 2.75) is 23.4 Å². The van der Waals surface area contributed by atoms with E-state index in [-0.39, 0.29) is 16.7 Å². The van der Waals surface area contributed by atoms with Gasteiger partial charge < -0.3 is 9.57 Å². The summed E-state index contributed by atoms with van der Waals surface area (Å²) in [5, 5.41) is 2.35. The number of pyridine rings is 1. The summed E-state index contributed by atoms with van der Waals surface area (Å²) in [6.07, 6.45) is -2.75. The molecule has 1 unspecified atom stereocenters. The van der Waals surface area contributed by atoms with Crippen LogP contribution in [-0.4, -0.2) is 36.1 Å². The molecule has 0 aromatic carbocycles. The van der Waals surface area contributed by atoms with E-state index in [4.69, 9.17) is 16.3 Å². The van der Waals surface area contributed by atoms with Crippen LogP contribution in [0.3, 0.4) is 0 Å². The minimum Gasteiger partial charge on any atom is -0.465 e. The summed E-state index contributed by atoms with van der Waals surface area (Å²) < 4.78 is 42.5. The normalized spacial score (nSPS) is 13.2. The summed E-state index contributed by atoms with van der Waals surface area (Å²) in [4.78, 5) is 19.9. The highest BCUT2D eigenvalue weighted by atomic mass is 35.5. The van der Waals surface area contributed by atoms with Crippen molar-refractivity contribution in [3.8, 4) is 0 Å². The lowest BCUT2D eigenvalue weighted by Crippen LogP contribution is -2.22. The number of esters is 1. The Morgan fingerprint density at radius 1 is 1.59 bits per heavy atom. The first-order valence-corrected chi connectivity index (χ1v) is 7.18. The van der Waals surface area contributed by atoms with Gasteiger partial charge in [-0.2, -0.15) is 13.2 Å². The summed E-state index contributed by atoms with van der Waals surface area (Å²) in [5.74, 6) is -0.633. The Morgan fingerprint density at radius 2 is 2.27 bits per heavy atom. The van der Waals surface area contributed by atoms with Crippen LogP contribution in [-0.2, 0) is 20.5 Å². The van der Waals surface area contributed by atoms with E-state index in [0.717, 1.165) is 24.0 Å². The van der Waals surface area contributed by atoms with E-state index in [1.54, 1.807) is 6.92 Å². The molecule has 0 amide bonds. The second-order valence-electron chi connectivity index (χ2n) is 3.74. The zero-order chi connectivity index (χ0) is 16.8. The maximum absolute atomic E-state index is 12.5. The summed E-state index contributed by atoms with van der Waals surface area (Å²) in [7, 11) is 1.28. The first-order valence-electron chi connectivity index (χ1n) is 5.92. The maximum Gasteiger partial charge on any atom is 0.417 e. The van der Waals surface area contributed by atoms with Gasteiger partial charge in [-0.15, -0.1) is 0 Å². The van der Waals surface area contributed by atoms with E-state index in [0.29, 0.717) is 6.20 Å². The molecule has 5 nitrogen and oxygen atoms in total. The van der Waals surface area contributed by atoms with E-state index in [2.05, 4.69) is 15.0 Å². The highest BCUT2D eigenvalue weighted by molar-refractivity contribution is 8.01. The van der Waals surface area contributed by atoms with Gasteiger partial charge in [0.2, 0.25) is 0 Å². The van der Waals surface area contributed by atoms with Gasteiger partial charge in [0.15, 0.2) is 0 Å². The molecule has 1 atom stereocenters. The maximum atomic E-state index is 12.5. The van der Waals surface area contributed by atoms with Gasteiger partial charge in [-0.3, -0.25) is 4.79 Å². The Kier molecular flexibility index (Phi) is 6.95. The molecule has 1 heterocycles. The molecule has 0 aliphatic rings. The molecule has 0 aliphatic carbocycles. The monoisotopic (exact) mass is 356 g/mol. The highest BCUT2D eigenvalue weighted by Crippen LogP contribution is 2.34. The lowest BCUT2D eigenvalue weighted by molar-refractivity contribution is -0.141.